The third kappa shape index (κ3) is 5.31. The first-order chi connectivity index (χ1) is 14.3. The van der Waals surface area contributed by atoms with E-state index in [4.69, 9.17) is 0 Å². The third-order valence-electron chi connectivity index (χ3n) is 5.43. The van der Waals surface area contributed by atoms with E-state index >= 15 is 0 Å². The highest BCUT2D eigenvalue weighted by Crippen LogP contribution is 2.37. The smallest absolute Gasteiger partial charge is 0.238 e. The average molecular weight is 449 g/mol. The van der Waals surface area contributed by atoms with E-state index in [-0.39, 0.29) is 30.2 Å². The fourth-order valence-corrected chi connectivity index (χ4v) is 6.61. The number of amides is 1. The summed E-state index contributed by atoms with van der Waals surface area (Å²) in [6.07, 6.45) is 2.24. The predicted molar refractivity (Wildman–Crippen MR) is 123 cm³/mol. The summed E-state index contributed by atoms with van der Waals surface area (Å²) in [6.45, 7) is 6.83. The van der Waals surface area contributed by atoms with E-state index in [9.17, 15) is 13.2 Å². The molecule has 3 rings (SSSR count). The van der Waals surface area contributed by atoms with Crippen LogP contribution in [0.4, 0.5) is 0 Å². The van der Waals surface area contributed by atoms with Crippen LogP contribution in [-0.4, -0.2) is 48.9 Å². The number of hydrogen-bond donors (Lipinski definition) is 0. The number of rotatable bonds is 9. The Kier molecular flexibility index (Phi) is 7.71. The van der Waals surface area contributed by atoms with Gasteiger partial charge >= 0.3 is 0 Å². The van der Waals surface area contributed by atoms with Crippen LogP contribution in [0.3, 0.4) is 0 Å². The van der Waals surface area contributed by atoms with Crippen molar-refractivity contribution >= 4 is 27.3 Å². The van der Waals surface area contributed by atoms with E-state index in [0.717, 1.165) is 24.0 Å². The molecular weight excluding hydrogens is 416 g/mol. The molecule has 2 aromatic rings. The minimum atomic E-state index is -3.46. The first kappa shape index (κ1) is 23.0. The van der Waals surface area contributed by atoms with Crippen LogP contribution < -0.4 is 0 Å². The van der Waals surface area contributed by atoms with Crippen LogP contribution in [-0.2, 0) is 21.2 Å². The van der Waals surface area contributed by atoms with Gasteiger partial charge in [0, 0.05) is 18.0 Å². The lowest BCUT2D eigenvalue weighted by molar-refractivity contribution is -0.133. The number of fused-ring (bicyclic) bond motifs is 1. The Morgan fingerprint density at radius 3 is 2.63 bits per heavy atom. The maximum absolute atomic E-state index is 13.4. The zero-order valence-electron chi connectivity index (χ0n) is 18.1. The van der Waals surface area contributed by atoms with E-state index in [1.807, 2.05) is 56.0 Å². The lowest BCUT2D eigenvalue weighted by Crippen LogP contribution is -2.48. The van der Waals surface area contributed by atoms with Gasteiger partial charge in [-0.1, -0.05) is 57.5 Å². The molecule has 0 spiro atoms. The molecule has 1 amide bonds. The summed E-state index contributed by atoms with van der Waals surface area (Å²) in [6, 6.07) is 12.0. The monoisotopic (exact) mass is 448 g/mol. The molecule has 1 aromatic carbocycles. The highest BCUT2D eigenvalue weighted by molar-refractivity contribution is 7.89. The molecule has 2 heterocycles. The normalized spacial score (nSPS) is 16.8. The van der Waals surface area contributed by atoms with Crippen molar-refractivity contribution in [2.45, 2.75) is 46.1 Å². The van der Waals surface area contributed by atoms with Crippen LogP contribution in [0.1, 0.15) is 55.7 Å². The van der Waals surface area contributed by atoms with Gasteiger partial charge in [-0.05, 0) is 41.3 Å². The van der Waals surface area contributed by atoms with Gasteiger partial charge in [-0.15, -0.1) is 11.3 Å². The van der Waals surface area contributed by atoms with Crippen LogP contribution in [0.5, 0.6) is 0 Å². The summed E-state index contributed by atoms with van der Waals surface area (Å²) in [5, 5.41) is 2.08. The van der Waals surface area contributed by atoms with Gasteiger partial charge in [0.25, 0.3) is 0 Å². The van der Waals surface area contributed by atoms with Gasteiger partial charge in [-0.2, -0.15) is 4.31 Å². The van der Waals surface area contributed by atoms with Crippen molar-refractivity contribution in [3.8, 4) is 0 Å². The van der Waals surface area contributed by atoms with Gasteiger partial charge in [0.2, 0.25) is 15.9 Å². The Morgan fingerprint density at radius 1 is 1.23 bits per heavy atom. The number of nitrogens with zero attached hydrogens (tertiary/aromatic N) is 2. The van der Waals surface area contributed by atoms with Crippen LogP contribution in [0.15, 0.2) is 41.8 Å². The Bertz CT molecular complexity index is 938. The van der Waals surface area contributed by atoms with Crippen molar-refractivity contribution in [1.29, 1.82) is 0 Å². The quantitative estimate of drug-likeness (QED) is 0.574. The maximum Gasteiger partial charge on any atom is 0.238 e. The van der Waals surface area contributed by atoms with Gasteiger partial charge in [-0.3, -0.25) is 4.79 Å². The summed E-state index contributed by atoms with van der Waals surface area (Å²) in [7, 11) is -3.46. The minimum absolute atomic E-state index is 0.0902. The summed E-state index contributed by atoms with van der Waals surface area (Å²) in [5.41, 5.74) is 2.23. The number of unbranched alkanes of at least 4 members (excludes halogenated alkanes) is 1. The molecule has 0 fully saturated rings. The van der Waals surface area contributed by atoms with E-state index in [0.29, 0.717) is 19.5 Å². The molecule has 0 bridgehead atoms. The molecule has 1 aromatic heterocycles. The van der Waals surface area contributed by atoms with Crippen molar-refractivity contribution in [3.63, 3.8) is 0 Å². The van der Waals surface area contributed by atoms with Crippen LogP contribution in [0.2, 0.25) is 0 Å². The summed E-state index contributed by atoms with van der Waals surface area (Å²) in [5.74, 6) is 0.130. The van der Waals surface area contributed by atoms with Crippen molar-refractivity contribution in [1.82, 2.24) is 9.21 Å². The lowest BCUT2D eigenvalue weighted by atomic mass is 9.93. The molecule has 0 saturated heterocycles. The first-order valence-electron chi connectivity index (χ1n) is 10.7. The van der Waals surface area contributed by atoms with Crippen molar-refractivity contribution < 1.29 is 13.2 Å². The molecule has 1 aliphatic heterocycles. The van der Waals surface area contributed by atoms with E-state index in [1.54, 1.807) is 11.3 Å². The number of carbonyl (C=O) groups is 1. The molecule has 0 radical (unpaired) electrons. The van der Waals surface area contributed by atoms with Crippen LogP contribution in [0, 0.1) is 5.92 Å². The Balaban J connectivity index is 1.87. The van der Waals surface area contributed by atoms with Gasteiger partial charge in [-0.25, -0.2) is 8.42 Å². The number of sulfonamides is 1. The molecule has 7 heteroatoms. The number of thiophene rings is 1. The molecule has 1 unspecified atom stereocenters. The molecule has 1 aliphatic rings. The molecule has 0 aliphatic carbocycles. The number of carbonyl (C=O) groups excluding carboxylic acids is 1. The van der Waals surface area contributed by atoms with Gasteiger partial charge in [0.15, 0.2) is 0 Å². The van der Waals surface area contributed by atoms with Gasteiger partial charge in [0.05, 0.1) is 18.3 Å². The highest BCUT2D eigenvalue weighted by atomic mass is 32.2. The second-order valence-corrected chi connectivity index (χ2v) is 11.4. The highest BCUT2D eigenvalue weighted by Gasteiger charge is 2.35. The van der Waals surface area contributed by atoms with Gasteiger partial charge < -0.3 is 4.90 Å². The molecule has 1 atom stereocenters. The fraction of sp³-hybridized carbons (Fsp3) is 0.522. The third-order valence-corrected chi connectivity index (χ3v) is 8.30. The Labute approximate surface area is 184 Å². The van der Waals surface area contributed by atoms with Crippen LogP contribution >= 0.6 is 11.3 Å². The molecule has 30 heavy (non-hydrogen) atoms. The average Bonchev–Trinajstić information content (AvgIpc) is 3.20. The molecule has 5 nitrogen and oxygen atoms in total. The number of hydrogen-bond acceptors (Lipinski definition) is 4. The van der Waals surface area contributed by atoms with Crippen molar-refractivity contribution in [2.24, 2.45) is 5.92 Å². The summed E-state index contributed by atoms with van der Waals surface area (Å²) in [4.78, 5) is 16.6. The summed E-state index contributed by atoms with van der Waals surface area (Å²) >= 11 is 1.73. The number of benzene rings is 1. The summed E-state index contributed by atoms with van der Waals surface area (Å²) < 4.78 is 27.2. The second kappa shape index (κ2) is 10.1. The van der Waals surface area contributed by atoms with E-state index in [2.05, 4.69) is 11.4 Å². The zero-order chi connectivity index (χ0) is 21.7. The van der Waals surface area contributed by atoms with Crippen molar-refractivity contribution in [2.75, 3.05) is 25.4 Å². The Hall–Kier alpha value is -1.70. The SMILES string of the molecule is CCCCS(=O)(=O)N(CC(=O)N1CCc2sccc2C1c1ccccc1)CC(C)C. The van der Waals surface area contributed by atoms with E-state index < -0.39 is 10.0 Å². The topological polar surface area (TPSA) is 57.7 Å². The standard InChI is InChI=1S/C23H32N2O3S2/c1-4-5-15-30(27,28)24(16-18(2)3)17-22(26)25-13-11-21-20(12-14-29-21)23(25)19-9-7-6-8-10-19/h6-10,12,14,18,23H,4-5,11,13,15-17H2,1-3H3. The first-order valence-corrected chi connectivity index (χ1v) is 13.2. The molecule has 164 valence electrons. The Morgan fingerprint density at radius 2 is 1.97 bits per heavy atom. The van der Waals surface area contributed by atoms with Crippen LogP contribution in [0.25, 0.3) is 0 Å². The maximum atomic E-state index is 13.4. The molecular formula is C23H32N2O3S2. The largest absolute Gasteiger partial charge is 0.330 e. The molecule has 0 N–H and O–H groups in total. The fourth-order valence-electron chi connectivity index (χ4n) is 3.96. The van der Waals surface area contributed by atoms with Gasteiger partial charge in [0.1, 0.15) is 0 Å². The minimum Gasteiger partial charge on any atom is -0.330 e. The van der Waals surface area contributed by atoms with E-state index in [1.165, 1.54) is 9.18 Å². The lowest BCUT2D eigenvalue weighted by Gasteiger charge is -2.37. The van der Waals surface area contributed by atoms with Crippen molar-refractivity contribution in [3.05, 3.63) is 57.8 Å². The zero-order valence-corrected chi connectivity index (χ0v) is 19.7. The second-order valence-electron chi connectivity index (χ2n) is 8.31. The predicted octanol–water partition coefficient (Wildman–Crippen LogP) is 4.31. The molecule has 0 saturated carbocycles.